The van der Waals surface area contributed by atoms with Crippen molar-refractivity contribution in [1.82, 2.24) is 0 Å². The number of thiophene rings is 1. The fourth-order valence-corrected chi connectivity index (χ4v) is 3.42. The van der Waals surface area contributed by atoms with Crippen molar-refractivity contribution in [2.24, 2.45) is 5.73 Å². The summed E-state index contributed by atoms with van der Waals surface area (Å²) in [5, 5.41) is 2.14. The summed E-state index contributed by atoms with van der Waals surface area (Å²) >= 11 is 5.29. The van der Waals surface area contributed by atoms with Gasteiger partial charge in [-0.25, -0.2) is 0 Å². The Kier molecular flexibility index (Phi) is 2.05. The van der Waals surface area contributed by atoms with Gasteiger partial charge in [-0.1, -0.05) is 0 Å². The molecule has 0 aliphatic heterocycles. The highest BCUT2D eigenvalue weighted by atomic mass is 79.9. The minimum atomic E-state index is 0.294. The second kappa shape index (κ2) is 2.82. The van der Waals surface area contributed by atoms with Crippen molar-refractivity contribution in [2.45, 2.75) is 31.2 Å². The van der Waals surface area contributed by atoms with Gasteiger partial charge in [0.25, 0.3) is 0 Å². The Balaban J connectivity index is 2.30. The minimum Gasteiger partial charge on any atom is -0.327 e. The zero-order valence-electron chi connectivity index (χ0n) is 7.01. The van der Waals surface area contributed by atoms with E-state index in [-0.39, 0.29) is 0 Å². The molecule has 1 aromatic rings. The van der Waals surface area contributed by atoms with E-state index in [2.05, 4.69) is 34.3 Å². The first-order chi connectivity index (χ1) is 5.65. The van der Waals surface area contributed by atoms with Crippen LogP contribution in [0.5, 0.6) is 0 Å². The van der Waals surface area contributed by atoms with Crippen molar-refractivity contribution in [2.75, 3.05) is 0 Å². The minimum absolute atomic E-state index is 0.294. The second-order valence-electron chi connectivity index (χ2n) is 3.57. The molecule has 0 bridgehead atoms. The Morgan fingerprint density at radius 1 is 1.67 bits per heavy atom. The van der Waals surface area contributed by atoms with E-state index in [0.29, 0.717) is 11.5 Å². The SMILES string of the molecule is CC(N)C1(c2cc(Br)cs2)CC1. The highest BCUT2D eigenvalue weighted by molar-refractivity contribution is 9.10. The molecule has 1 aromatic heterocycles. The molecule has 1 nitrogen and oxygen atoms in total. The Labute approximate surface area is 85.1 Å². The van der Waals surface area contributed by atoms with Crippen molar-refractivity contribution in [3.8, 4) is 0 Å². The Morgan fingerprint density at radius 2 is 2.33 bits per heavy atom. The van der Waals surface area contributed by atoms with Crippen molar-refractivity contribution >= 4 is 27.3 Å². The van der Waals surface area contributed by atoms with Gasteiger partial charge >= 0.3 is 0 Å². The maximum Gasteiger partial charge on any atom is 0.0285 e. The van der Waals surface area contributed by atoms with Crippen LogP contribution in [0.2, 0.25) is 0 Å². The molecule has 0 spiro atoms. The molecular formula is C9H12BrNS. The number of rotatable bonds is 2. The maximum absolute atomic E-state index is 5.97. The molecule has 1 saturated carbocycles. The highest BCUT2D eigenvalue weighted by Gasteiger charge is 2.48. The van der Waals surface area contributed by atoms with Gasteiger partial charge in [-0.05, 0) is 41.8 Å². The average Bonchev–Trinajstić information content (AvgIpc) is 2.71. The standard InChI is InChI=1S/C9H12BrNS/c1-6(11)9(2-3-9)8-4-7(10)5-12-8/h4-6H,2-3,11H2,1H3. The van der Waals surface area contributed by atoms with Gasteiger partial charge in [0, 0.05) is 26.2 Å². The quantitative estimate of drug-likeness (QED) is 0.853. The highest BCUT2D eigenvalue weighted by Crippen LogP contribution is 2.52. The van der Waals surface area contributed by atoms with Gasteiger partial charge in [-0.2, -0.15) is 0 Å². The number of nitrogens with two attached hydrogens (primary N) is 1. The van der Waals surface area contributed by atoms with Crippen LogP contribution in [-0.2, 0) is 5.41 Å². The van der Waals surface area contributed by atoms with Crippen LogP contribution in [-0.4, -0.2) is 6.04 Å². The molecule has 1 fully saturated rings. The van der Waals surface area contributed by atoms with Gasteiger partial charge in [-0.3, -0.25) is 0 Å². The van der Waals surface area contributed by atoms with E-state index in [0.717, 1.165) is 0 Å². The van der Waals surface area contributed by atoms with Gasteiger partial charge < -0.3 is 5.73 Å². The van der Waals surface area contributed by atoms with E-state index in [9.17, 15) is 0 Å². The summed E-state index contributed by atoms with van der Waals surface area (Å²) in [5.41, 5.74) is 6.30. The first-order valence-electron chi connectivity index (χ1n) is 4.15. The fourth-order valence-electron chi connectivity index (χ4n) is 1.63. The first-order valence-corrected chi connectivity index (χ1v) is 5.82. The average molecular weight is 246 g/mol. The van der Waals surface area contributed by atoms with Crippen LogP contribution in [0, 0.1) is 0 Å². The van der Waals surface area contributed by atoms with Crippen LogP contribution in [0.25, 0.3) is 0 Å². The molecule has 66 valence electrons. The molecule has 1 aliphatic carbocycles. The van der Waals surface area contributed by atoms with E-state index in [1.807, 2.05) is 11.3 Å². The van der Waals surface area contributed by atoms with Gasteiger partial charge in [0.15, 0.2) is 0 Å². The molecule has 1 heterocycles. The van der Waals surface area contributed by atoms with Crippen LogP contribution in [0.1, 0.15) is 24.6 Å². The van der Waals surface area contributed by atoms with E-state index in [1.54, 1.807) is 0 Å². The van der Waals surface area contributed by atoms with Crippen LogP contribution in [0.15, 0.2) is 15.9 Å². The summed E-state index contributed by atoms with van der Waals surface area (Å²) in [6.45, 7) is 2.11. The summed E-state index contributed by atoms with van der Waals surface area (Å²) in [7, 11) is 0. The van der Waals surface area contributed by atoms with Crippen molar-refractivity contribution < 1.29 is 0 Å². The zero-order chi connectivity index (χ0) is 8.77. The Bertz CT molecular complexity index is 288. The molecule has 0 aromatic carbocycles. The van der Waals surface area contributed by atoms with Crippen molar-refractivity contribution in [3.05, 3.63) is 20.8 Å². The van der Waals surface area contributed by atoms with Gasteiger partial charge in [0.05, 0.1) is 0 Å². The van der Waals surface area contributed by atoms with Gasteiger partial charge in [-0.15, -0.1) is 11.3 Å². The fraction of sp³-hybridized carbons (Fsp3) is 0.556. The Morgan fingerprint density at radius 3 is 2.67 bits per heavy atom. The van der Waals surface area contributed by atoms with Crippen LogP contribution >= 0.6 is 27.3 Å². The molecule has 2 N–H and O–H groups in total. The predicted octanol–water partition coefficient (Wildman–Crippen LogP) is 2.89. The molecule has 0 saturated heterocycles. The summed E-state index contributed by atoms with van der Waals surface area (Å²) < 4.78 is 1.19. The lowest BCUT2D eigenvalue weighted by Gasteiger charge is -2.17. The number of hydrogen-bond donors (Lipinski definition) is 1. The largest absolute Gasteiger partial charge is 0.327 e. The van der Waals surface area contributed by atoms with E-state index in [1.165, 1.54) is 22.2 Å². The molecule has 0 amide bonds. The van der Waals surface area contributed by atoms with E-state index >= 15 is 0 Å². The maximum atomic E-state index is 5.97. The summed E-state index contributed by atoms with van der Waals surface area (Å²) in [4.78, 5) is 1.45. The third kappa shape index (κ3) is 1.24. The van der Waals surface area contributed by atoms with Crippen molar-refractivity contribution in [1.29, 1.82) is 0 Å². The van der Waals surface area contributed by atoms with Crippen molar-refractivity contribution in [3.63, 3.8) is 0 Å². The van der Waals surface area contributed by atoms with Gasteiger partial charge in [0.1, 0.15) is 0 Å². The second-order valence-corrected chi connectivity index (χ2v) is 5.40. The normalized spacial score (nSPS) is 22.2. The molecule has 1 atom stereocenters. The molecule has 2 rings (SSSR count). The molecule has 0 radical (unpaired) electrons. The lowest BCUT2D eigenvalue weighted by molar-refractivity contribution is 0.566. The molecule has 1 unspecified atom stereocenters. The molecule has 12 heavy (non-hydrogen) atoms. The lowest BCUT2D eigenvalue weighted by Crippen LogP contribution is -2.30. The number of halogens is 1. The van der Waals surface area contributed by atoms with Crippen LogP contribution in [0.3, 0.4) is 0 Å². The summed E-state index contributed by atoms with van der Waals surface area (Å²) in [5.74, 6) is 0. The molecular weight excluding hydrogens is 234 g/mol. The lowest BCUT2D eigenvalue weighted by atomic mass is 9.97. The first kappa shape index (κ1) is 8.73. The summed E-state index contributed by atoms with van der Waals surface area (Å²) in [6, 6.07) is 2.50. The van der Waals surface area contributed by atoms with Gasteiger partial charge in [0.2, 0.25) is 0 Å². The Hall–Kier alpha value is 0.140. The number of hydrogen-bond acceptors (Lipinski definition) is 2. The smallest absolute Gasteiger partial charge is 0.0285 e. The third-order valence-corrected chi connectivity index (χ3v) is 4.63. The van der Waals surface area contributed by atoms with E-state index < -0.39 is 0 Å². The van der Waals surface area contributed by atoms with Crippen LogP contribution < -0.4 is 5.73 Å². The predicted molar refractivity (Wildman–Crippen MR) is 56.6 cm³/mol. The molecule has 1 aliphatic rings. The monoisotopic (exact) mass is 245 g/mol. The summed E-state index contributed by atoms with van der Waals surface area (Å²) in [6.07, 6.45) is 2.52. The third-order valence-electron chi connectivity index (χ3n) is 2.72. The topological polar surface area (TPSA) is 26.0 Å². The zero-order valence-corrected chi connectivity index (χ0v) is 9.41. The van der Waals surface area contributed by atoms with Crippen LogP contribution in [0.4, 0.5) is 0 Å². The van der Waals surface area contributed by atoms with E-state index in [4.69, 9.17) is 5.73 Å². The molecule has 3 heteroatoms.